The molecule has 2 aliphatic heterocycles. The first kappa shape index (κ1) is 18.4. The molecule has 1 unspecified atom stereocenters. The number of likely N-dealkylation sites (tertiary alicyclic amines) is 1. The Bertz CT molecular complexity index is 852. The summed E-state index contributed by atoms with van der Waals surface area (Å²) in [6.07, 6.45) is 4.73. The lowest BCUT2D eigenvalue weighted by Crippen LogP contribution is -2.81. The third kappa shape index (κ3) is 2.16. The number of phenols is 1. The molecule has 3 aliphatic carbocycles. The first-order valence-electron chi connectivity index (χ1n) is 11.4. The zero-order chi connectivity index (χ0) is 20.0. The number of aliphatic hydroxyl groups excluding tert-OH is 1. The zero-order valence-electron chi connectivity index (χ0n) is 17.1. The van der Waals surface area contributed by atoms with E-state index < -0.39 is 23.2 Å². The predicted octanol–water partition coefficient (Wildman–Crippen LogP) is 2.76. The van der Waals surface area contributed by atoms with Crippen molar-refractivity contribution in [1.29, 1.82) is 0 Å². The third-order valence-corrected chi connectivity index (χ3v) is 8.55. The number of quaternary nitrogens is 1. The van der Waals surface area contributed by atoms with Crippen molar-refractivity contribution < 1.29 is 24.3 Å². The quantitative estimate of drug-likeness (QED) is 0.586. The van der Waals surface area contributed by atoms with E-state index in [4.69, 9.17) is 9.47 Å². The second kappa shape index (κ2) is 5.88. The molecular formula is C23H31NO5. The van der Waals surface area contributed by atoms with Gasteiger partial charge in [0.1, 0.15) is 17.7 Å². The minimum absolute atomic E-state index is 0.133. The van der Waals surface area contributed by atoms with Gasteiger partial charge in [0.25, 0.3) is 0 Å². The van der Waals surface area contributed by atoms with Crippen LogP contribution in [0.1, 0.15) is 56.6 Å². The van der Waals surface area contributed by atoms with Crippen LogP contribution in [0.25, 0.3) is 0 Å². The van der Waals surface area contributed by atoms with E-state index in [1.165, 1.54) is 12.8 Å². The molecule has 6 rings (SSSR count). The van der Waals surface area contributed by atoms with Gasteiger partial charge >= 0.3 is 0 Å². The van der Waals surface area contributed by atoms with Crippen LogP contribution in [0.3, 0.4) is 0 Å². The Hall–Kier alpha value is -1.34. The fourth-order valence-electron chi connectivity index (χ4n) is 7.28. The highest BCUT2D eigenvalue weighted by Gasteiger charge is 2.76. The highest BCUT2D eigenvalue weighted by molar-refractivity contribution is 5.62. The molecule has 158 valence electrons. The molecule has 3 fully saturated rings. The number of hydrogen-bond donors (Lipinski definition) is 2. The van der Waals surface area contributed by atoms with E-state index in [2.05, 4.69) is 6.92 Å². The molecule has 5 aliphatic rings. The van der Waals surface area contributed by atoms with E-state index in [0.717, 1.165) is 17.5 Å². The second-order valence-electron chi connectivity index (χ2n) is 10.1. The summed E-state index contributed by atoms with van der Waals surface area (Å²) in [5.74, 6) is 1.20. The lowest BCUT2D eigenvalue weighted by atomic mass is 9.48. The van der Waals surface area contributed by atoms with Crippen LogP contribution in [-0.2, 0) is 16.6 Å². The normalized spacial score (nSPS) is 44.3. The van der Waals surface area contributed by atoms with Gasteiger partial charge in [0.15, 0.2) is 11.5 Å². The minimum Gasteiger partial charge on any atom is -0.632 e. The van der Waals surface area contributed by atoms with Crippen LogP contribution in [-0.4, -0.2) is 58.4 Å². The molecule has 1 saturated heterocycles. The summed E-state index contributed by atoms with van der Waals surface area (Å²) in [5.41, 5.74) is 0.950. The Balaban J connectivity index is 1.59. The molecule has 6 atom stereocenters. The van der Waals surface area contributed by atoms with Crippen molar-refractivity contribution in [2.45, 2.75) is 81.1 Å². The van der Waals surface area contributed by atoms with Crippen LogP contribution in [0.15, 0.2) is 12.1 Å². The van der Waals surface area contributed by atoms with Crippen LogP contribution in [0.2, 0.25) is 0 Å². The Morgan fingerprint density at radius 2 is 2.10 bits per heavy atom. The monoisotopic (exact) mass is 401 g/mol. The van der Waals surface area contributed by atoms with Crippen LogP contribution in [0.5, 0.6) is 11.5 Å². The summed E-state index contributed by atoms with van der Waals surface area (Å²) < 4.78 is 12.9. The Labute approximate surface area is 171 Å². The average Bonchev–Trinajstić information content (AvgIpc) is 3.43. The van der Waals surface area contributed by atoms with E-state index in [-0.39, 0.29) is 16.4 Å². The average molecular weight is 402 g/mol. The molecule has 6 heteroatoms. The van der Waals surface area contributed by atoms with Crippen molar-refractivity contribution in [1.82, 2.24) is 0 Å². The van der Waals surface area contributed by atoms with Crippen molar-refractivity contribution in [3.8, 4) is 11.5 Å². The number of benzene rings is 1. The molecule has 2 saturated carbocycles. The number of aliphatic hydroxyl groups is 1. The number of ether oxygens (including phenoxy) is 2. The van der Waals surface area contributed by atoms with Gasteiger partial charge in [-0.15, -0.1) is 0 Å². The molecule has 1 aromatic rings. The van der Waals surface area contributed by atoms with Crippen molar-refractivity contribution in [2.75, 3.05) is 19.7 Å². The number of hydroxylamine groups is 3. The summed E-state index contributed by atoms with van der Waals surface area (Å²) in [6.45, 7) is 3.93. The van der Waals surface area contributed by atoms with E-state index in [1.807, 2.05) is 6.07 Å². The van der Waals surface area contributed by atoms with Crippen molar-refractivity contribution in [2.24, 2.45) is 5.92 Å². The van der Waals surface area contributed by atoms with Gasteiger partial charge in [-0.3, -0.25) is 0 Å². The molecule has 1 spiro atoms. The van der Waals surface area contributed by atoms with Crippen LogP contribution in [0.4, 0.5) is 0 Å². The zero-order valence-corrected chi connectivity index (χ0v) is 17.1. The van der Waals surface area contributed by atoms with Crippen LogP contribution >= 0.6 is 0 Å². The summed E-state index contributed by atoms with van der Waals surface area (Å²) >= 11 is 0. The molecule has 1 aromatic carbocycles. The summed E-state index contributed by atoms with van der Waals surface area (Å²) in [6, 6.07) is 3.47. The maximum Gasteiger partial charge on any atom is 0.165 e. The lowest BCUT2D eigenvalue weighted by Gasteiger charge is -2.69. The van der Waals surface area contributed by atoms with Gasteiger partial charge < -0.3 is 29.5 Å². The van der Waals surface area contributed by atoms with Gasteiger partial charge in [-0.1, -0.05) is 13.0 Å². The largest absolute Gasteiger partial charge is 0.632 e. The van der Waals surface area contributed by atoms with E-state index in [0.29, 0.717) is 57.0 Å². The highest BCUT2D eigenvalue weighted by atomic mass is 16.6. The number of hydrogen-bond acceptors (Lipinski definition) is 5. The topological polar surface area (TPSA) is 82.0 Å². The Morgan fingerprint density at radius 3 is 2.86 bits per heavy atom. The van der Waals surface area contributed by atoms with Gasteiger partial charge in [0, 0.05) is 30.9 Å². The van der Waals surface area contributed by atoms with Crippen LogP contribution in [0, 0.1) is 11.1 Å². The summed E-state index contributed by atoms with van der Waals surface area (Å²) in [7, 11) is 0. The van der Waals surface area contributed by atoms with Crippen molar-refractivity contribution in [3.63, 3.8) is 0 Å². The maximum absolute atomic E-state index is 14.3. The third-order valence-electron chi connectivity index (χ3n) is 8.55. The number of phenolic OH excluding ortho intramolecular Hbond substituents is 1. The van der Waals surface area contributed by atoms with Crippen molar-refractivity contribution >= 4 is 0 Å². The molecule has 2 heterocycles. The van der Waals surface area contributed by atoms with Gasteiger partial charge in [-0.25, -0.2) is 0 Å². The molecule has 0 radical (unpaired) electrons. The fraction of sp³-hybridized carbons (Fsp3) is 0.739. The van der Waals surface area contributed by atoms with E-state index in [1.54, 1.807) is 6.07 Å². The van der Waals surface area contributed by atoms with E-state index in [9.17, 15) is 15.4 Å². The van der Waals surface area contributed by atoms with Gasteiger partial charge in [0.05, 0.1) is 24.6 Å². The number of nitrogens with zero attached hydrogens (tertiary/aromatic N) is 1. The molecule has 6 nitrogen and oxygen atoms in total. The van der Waals surface area contributed by atoms with Crippen molar-refractivity contribution in [3.05, 3.63) is 28.5 Å². The first-order valence-corrected chi connectivity index (χ1v) is 11.4. The predicted molar refractivity (Wildman–Crippen MR) is 107 cm³/mol. The maximum atomic E-state index is 14.3. The number of aromatic hydroxyl groups is 1. The van der Waals surface area contributed by atoms with Gasteiger partial charge in [-0.05, 0) is 43.7 Å². The standard InChI is InChI=1S/C23H31NO5/c1-2-11-28-23-8-7-17(26)21-22(23)9-10-24(27,13-14-3-4-14)18(23)12-15-5-6-16(25)20(29-21)19(15)22/h5-6,14,17-18,21,25-26H,2-4,7-13H2,1H3/t17-,18-,21+,22+,23?,24+/m1/s1. The van der Waals surface area contributed by atoms with E-state index >= 15 is 0 Å². The van der Waals surface area contributed by atoms with Gasteiger partial charge in [0.2, 0.25) is 0 Å². The Kier molecular flexibility index (Phi) is 3.73. The lowest BCUT2D eigenvalue weighted by molar-refractivity contribution is -0.924. The molecule has 2 N–H and O–H groups in total. The number of rotatable bonds is 5. The number of piperidine rings is 1. The van der Waals surface area contributed by atoms with Gasteiger partial charge in [-0.2, -0.15) is 0 Å². The first-order chi connectivity index (χ1) is 14.0. The molecule has 2 bridgehead atoms. The molecular weight excluding hydrogens is 370 g/mol. The SMILES string of the molecule is CCCOC12CC[C@@H](O)[C@@H]3Oc4c(O)ccc5c4[C@@]31CC[N@+]([O-])(CC1CC1)[C@@H]2C5. The minimum atomic E-state index is -0.631. The summed E-state index contributed by atoms with van der Waals surface area (Å²) in [5, 5.41) is 35.9. The second-order valence-corrected chi connectivity index (χ2v) is 10.1. The molecule has 29 heavy (non-hydrogen) atoms. The fourth-order valence-corrected chi connectivity index (χ4v) is 7.28. The van der Waals surface area contributed by atoms with Crippen LogP contribution < -0.4 is 4.74 Å². The smallest absolute Gasteiger partial charge is 0.165 e. The highest BCUT2D eigenvalue weighted by Crippen LogP contribution is 2.67. The summed E-state index contributed by atoms with van der Waals surface area (Å²) in [4.78, 5) is 0. The molecule has 0 aromatic heterocycles. The molecule has 0 amide bonds. The Morgan fingerprint density at radius 1 is 1.28 bits per heavy atom.